The Morgan fingerprint density at radius 1 is 1.09 bits per heavy atom. The molecule has 3 aromatic rings. The Morgan fingerprint density at radius 2 is 1.88 bits per heavy atom. The molecule has 0 unspecified atom stereocenters. The highest BCUT2D eigenvalue weighted by Gasteiger charge is 2.14. The molecule has 1 aromatic heterocycles. The number of ether oxygens (including phenoxy) is 2. The van der Waals surface area contributed by atoms with Crippen LogP contribution in [-0.2, 0) is 4.79 Å². The first kappa shape index (κ1) is 22.9. The zero-order valence-electron chi connectivity index (χ0n) is 18.4. The molecule has 166 valence electrons. The Morgan fingerprint density at radius 3 is 2.62 bits per heavy atom. The molecular weight excluding hydrogens is 406 g/mol. The monoisotopic (exact) mass is 433 g/mol. The number of aliphatic carboxylic acids is 1. The summed E-state index contributed by atoms with van der Waals surface area (Å²) in [7, 11) is 3.55. The van der Waals surface area contributed by atoms with E-state index < -0.39 is 5.97 Å². The minimum absolute atomic E-state index is 0.209. The molecule has 0 saturated heterocycles. The lowest BCUT2D eigenvalue weighted by Gasteiger charge is -2.23. The number of nitriles is 1. The predicted octanol–water partition coefficient (Wildman–Crippen LogP) is 5.30. The van der Waals surface area contributed by atoms with Gasteiger partial charge < -0.3 is 19.5 Å². The second-order valence-electron chi connectivity index (χ2n) is 7.46. The quantitative estimate of drug-likeness (QED) is 0.410. The van der Waals surface area contributed by atoms with Crippen molar-refractivity contribution in [2.45, 2.75) is 32.1 Å². The Bertz CT molecular complexity index is 1120. The molecule has 1 N–H and O–H groups in total. The average molecular weight is 434 g/mol. The van der Waals surface area contributed by atoms with Crippen LogP contribution in [0.5, 0.6) is 11.5 Å². The number of pyridine rings is 1. The summed E-state index contributed by atoms with van der Waals surface area (Å²) < 4.78 is 11.4. The summed E-state index contributed by atoms with van der Waals surface area (Å²) in [6, 6.07) is 17.4. The van der Waals surface area contributed by atoms with Crippen LogP contribution in [0, 0.1) is 11.3 Å². The second kappa shape index (κ2) is 11.0. The zero-order valence-corrected chi connectivity index (χ0v) is 18.4. The van der Waals surface area contributed by atoms with Gasteiger partial charge in [0.15, 0.2) is 11.5 Å². The predicted molar refractivity (Wildman–Crippen MR) is 124 cm³/mol. The van der Waals surface area contributed by atoms with E-state index in [-0.39, 0.29) is 6.42 Å². The fourth-order valence-electron chi connectivity index (χ4n) is 3.53. The number of nitrogens with zero attached hydrogens (tertiary/aromatic N) is 3. The molecule has 0 aliphatic heterocycles. The number of benzene rings is 2. The summed E-state index contributed by atoms with van der Waals surface area (Å²) in [5.74, 6) is 0.530. The topological polar surface area (TPSA) is 95.7 Å². The lowest BCUT2D eigenvalue weighted by molar-refractivity contribution is -0.137. The molecule has 0 fully saturated rings. The van der Waals surface area contributed by atoms with Gasteiger partial charge in [-0.15, -0.1) is 0 Å². The molecule has 0 spiro atoms. The van der Waals surface area contributed by atoms with Crippen LogP contribution in [0.1, 0.15) is 37.8 Å². The molecule has 0 amide bonds. The SMILES string of the molecule is COc1ccc(N(C)c2cc(C#N)nc3ccccc23)cc1OCCCCCCC(=O)O. The van der Waals surface area contributed by atoms with Crippen molar-refractivity contribution in [2.75, 3.05) is 25.7 Å². The van der Waals surface area contributed by atoms with E-state index in [2.05, 4.69) is 11.1 Å². The van der Waals surface area contributed by atoms with Crippen LogP contribution in [0.25, 0.3) is 10.9 Å². The summed E-state index contributed by atoms with van der Waals surface area (Å²) in [6.07, 6.45) is 3.51. The van der Waals surface area contributed by atoms with Gasteiger partial charge in [0, 0.05) is 30.6 Å². The molecule has 0 radical (unpaired) electrons. The van der Waals surface area contributed by atoms with Crippen LogP contribution in [0.3, 0.4) is 0 Å². The van der Waals surface area contributed by atoms with Gasteiger partial charge in [-0.1, -0.05) is 31.0 Å². The fraction of sp³-hybridized carbons (Fsp3) is 0.320. The van der Waals surface area contributed by atoms with Gasteiger partial charge in [-0.25, -0.2) is 4.98 Å². The highest BCUT2D eigenvalue weighted by atomic mass is 16.5. The van der Waals surface area contributed by atoms with E-state index in [1.165, 1.54) is 0 Å². The Hall–Kier alpha value is -3.79. The first-order chi connectivity index (χ1) is 15.5. The maximum Gasteiger partial charge on any atom is 0.303 e. The van der Waals surface area contributed by atoms with Crippen molar-refractivity contribution >= 4 is 28.2 Å². The summed E-state index contributed by atoms with van der Waals surface area (Å²) in [4.78, 5) is 17.0. The Labute approximate surface area is 187 Å². The molecule has 2 aromatic carbocycles. The van der Waals surface area contributed by atoms with E-state index in [9.17, 15) is 10.1 Å². The molecule has 1 heterocycles. The van der Waals surface area contributed by atoms with Crippen LogP contribution in [0.15, 0.2) is 48.5 Å². The van der Waals surface area contributed by atoms with Crippen molar-refractivity contribution in [1.29, 1.82) is 5.26 Å². The Kier molecular flexibility index (Phi) is 7.87. The number of aromatic nitrogens is 1. The van der Waals surface area contributed by atoms with Gasteiger partial charge in [-0.05, 0) is 37.1 Å². The van der Waals surface area contributed by atoms with Crippen LogP contribution in [0.2, 0.25) is 0 Å². The Balaban J connectivity index is 1.76. The third kappa shape index (κ3) is 5.67. The second-order valence-corrected chi connectivity index (χ2v) is 7.46. The smallest absolute Gasteiger partial charge is 0.303 e. The molecule has 0 aliphatic carbocycles. The number of hydrogen-bond donors (Lipinski definition) is 1. The van der Waals surface area contributed by atoms with Gasteiger partial charge in [0.2, 0.25) is 0 Å². The molecule has 32 heavy (non-hydrogen) atoms. The molecule has 0 bridgehead atoms. The number of carbonyl (C=O) groups is 1. The number of unbranched alkanes of at least 4 members (excludes halogenated alkanes) is 3. The van der Waals surface area contributed by atoms with Crippen molar-refractivity contribution in [3.05, 3.63) is 54.2 Å². The first-order valence-electron chi connectivity index (χ1n) is 10.6. The van der Waals surface area contributed by atoms with Crippen molar-refractivity contribution < 1.29 is 19.4 Å². The maximum atomic E-state index is 10.6. The van der Waals surface area contributed by atoms with Gasteiger partial charge in [0.1, 0.15) is 11.8 Å². The molecule has 7 nitrogen and oxygen atoms in total. The van der Waals surface area contributed by atoms with Crippen molar-refractivity contribution in [3.63, 3.8) is 0 Å². The molecule has 0 aliphatic rings. The number of rotatable bonds is 11. The average Bonchev–Trinajstić information content (AvgIpc) is 2.81. The number of carboxylic acid groups (broad SMARTS) is 1. The van der Waals surface area contributed by atoms with Gasteiger partial charge in [0.05, 0.1) is 24.9 Å². The fourth-order valence-corrected chi connectivity index (χ4v) is 3.53. The standard InChI is InChI=1S/C25H27N3O4/c1-28(22-15-18(17-26)27-21-10-7-6-9-20(21)22)19-12-13-23(31-2)24(16-19)32-14-8-4-3-5-11-25(29)30/h6-7,9-10,12-13,15-16H,3-5,8,11,14H2,1-2H3,(H,29,30). The first-order valence-corrected chi connectivity index (χ1v) is 10.6. The molecule has 0 atom stereocenters. The maximum absolute atomic E-state index is 10.6. The lowest BCUT2D eigenvalue weighted by Crippen LogP contribution is -2.11. The van der Waals surface area contributed by atoms with Crippen LogP contribution >= 0.6 is 0 Å². The summed E-state index contributed by atoms with van der Waals surface area (Å²) in [5, 5.41) is 19.0. The highest BCUT2D eigenvalue weighted by molar-refractivity contribution is 5.94. The lowest BCUT2D eigenvalue weighted by atomic mass is 10.1. The number of carboxylic acids is 1. The van der Waals surface area contributed by atoms with Gasteiger partial charge in [-0.2, -0.15) is 5.26 Å². The minimum Gasteiger partial charge on any atom is -0.493 e. The van der Waals surface area contributed by atoms with E-state index in [0.717, 1.165) is 41.5 Å². The van der Waals surface area contributed by atoms with Crippen LogP contribution < -0.4 is 14.4 Å². The minimum atomic E-state index is -0.754. The third-order valence-electron chi connectivity index (χ3n) is 5.25. The van der Waals surface area contributed by atoms with Crippen LogP contribution in [-0.4, -0.2) is 36.8 Å². The number of fused-ring (bicyclic) bond motifs is 1. The summed E-state index contributed by atoms with van der Waals surface area (Å²) >= 11 is 0. The number of methoxy groups -OCH3 is 1. The zero-order chi connectivity index (χ0) is 22.9. The van der Waals surface area contributed by atoms with E-state index in [4.69, 9.17) is 14.6 Å². The largest absolute Gasteiger partial charge is 0.493 e. The molecular formula is C25H27N3O4. The third-order valence-corrected chi connectivity index (χ3v) is 5.25. The number of anilines is 2. The summed E-state index contributed by atoms with van der Waals surface area (Å²) in [5.41, 5.74) is 2.89. The number of para-hydroxylation sites is 1. The van der Waals surface area contributed by atoms with E-state index >= 15 is 0 Å². The van der Waals surface area contributed by atoms with Crippen molar-refractivity contribution in [1.82, 2.24) is 4.98 Å². The van der Waals surface area contributed by atoms with Crippen molar-refractivity contribution in [3.8, 4) is 17.6 Å². The van der Waals surface area contributed by atoms with E-state index in [0.29, 0.717) is 30.2 Å². The normalized spacial score (nSPS) is 10.5. The van der Waals surface area contributed by atoms with E-state index in [1.54, 1.807) is 13.2 Å². The van der Waals surface area contributed by atoms with Crippen molar-refractivity contribution in [2.24, 2.45) is 0 Å². The molecule has 3 rings (SSSR count). The highest BCUT2D eigenvalue weighted by Crippen LogP contribution is 2.36. The van der Waals surface area contributed by atoms with E-state index in [1.807, 2.05) is 54.4 Å². The van der Waals surface area contributed by atoms with Gasteiger partial charge >= 0.3 is 5.97 Å². The molecule has 7 heteroatoms. The van der Waals surface area contributed by atoms with Gasteiger partial charge in [-0.3, -0.25) is 4.79 Å². The van der Waals surface area contributed by atoms with Gasteiger partial charge in [0.25, 0.3) is 0 Å². The summed E-state index contributed by atoms with van der Waals surface area (Å²) in [6.45, 7) is 0.521. The van der Waals surface area contributed by atoms with Crippen LogP contribution in [0.4, 0.5) is 11.4 Å². The molecule has 0 saturated carbocycles. The number of hydrogen-bond acceptors (Lipinski definition) is 6.